The van der Waals surface area contributed by atoms with Gasteiger partial charge in [0.05, 0.1) is 13.0 Å². The molecule has 1 saturated carbocycles. The van der Waals surface area contributed by atoms with Crippen LogP contribution in [-0.4, -0.2) is 44.2 Å². The number of methoxy groups -OCH3 is 1. The molecule has 5 heteroatoms. The van der Waals surface area contributed by atoms with E-state index in [1.807, 2.05) is 24.3 Å². The van der Waals surface area contributed by atoms with Gasteiger partial charge in [-0.15, -0.1) is 0 Å². The highest BCUT2D eigenvalue weighted by molar-refractivity contribution is 5.83. The number of nitrogens with zero attached hydrogens (tertiary/aromatic N) is 1. The van der Waals surface area contributed by atoms with Crippen LogP contribution in [0.3, 0.4) is 0 Å². The maximum Gasteiger partial charge on any atom is 0.314 e. The lowest BCUT2D eigenvalue weighted by molar-refractivity contribution is -0.139. The molecule has 3 aromatic carbocycles. The molecule has 0 amide bonds. The van der Waals surface area contributed by atoms with Crippen LogP contribution in [0, 0.1) is 5.92 Å². The van der Waals surface area contributed by atoms with E-state index in [0.717, 1.165) is 61.3 Å². The Balaban J connectivity index is 1.32. The van der Waals surface area contributed by atoms with Crippen molar-refractivity contribution in [3.63, 3.8) is 0 Å². The number of carbonyl (C=O) groups is 1. The molecule has 2 fully saturated rings. The van der Waals surface area contributed by atoms with E-state index in [1.54, 1.807) is 7.11 Å². The zero-order valence-electron chi connectivity index (χ0n) is 26.0. The fraction of sp³-hybridized carbons (Fsp3) is 0.447. The first-order chi connectivity index (χ1) is 21.1. The van der Waals surface area contributed by atoms with E-state index in [9.17, 15) is 4.79 Å². The van der Waals surface area contributed by atoms with Gasteiger partial charge in [0, 0.05) is 6.54 Å². The Kier molecular flexibility index (Phi) is 11.3. The van der Waals surface area contributed by atoms with Crippen molar-refractivity contribution in [2.75, 3.05) is 33.4 Å². The predicted molar refractivity (Wildman–Crippen MR) is 174 cm³/mol. The highest BCUT2D eigenvalue weighted by Crippen LogP contribution is 2.32. The minimum atomic E-state index is -0.0923. The number of benzene rings is 3. The monoisotopic (exact) mass is 581 g/mol. The van der Waals surface area contributed by atoms with Crippen molar-refractivity contribution in [3.05, 3.63) is 95.1 Å². The molecule has 5 rings (SSSR count). The standard InChI is InChI=1S/C38H47NO4/c1-29(28-30-12-18-34(41-2)19-13-30)37(32-16-22-36(23-17-32)43-38(40)33-10-6-5-7-11-33)31-14-20-35(21-15-31)42-27-26-39-24-8-3-4-9-25-39/h12-23,33H,3-11,24-28H2,1-2H3/b37-29+. The van der Waals surface area contributed by atoms with Crippen molar-refractivity contribution >= 4 is 11.5 Å². The molecule has 2 aliphatic rings. The summed E-state index contributed by atoms with van der Waals surface area (Å²) in [5, 5.41) is 0. The molecule has 0 spiro atoms. The van der Waals surface area contributed by atoms with Gasteiger partial charge in [-0.3, -0.25) is 9.69 Å². The van der Waals surface area contributed by atoms with Gasteiger partial charge in [0.1, 0.15) is 23.9 Å². The molecule has 228 valence electrons. The van der Waals surface area contributed by atoms with Crippen molar-refractivity contribution in [1.82, 2.24) is 4.90 Å². The number of carbonyl (C=O) groups excluding carboxylic acids is 1. The van der Waals surface area contributed by atoms with Crippen LogP contribution in [0.4, 0.5) is 0 Å². The van der Waals surface area contributed by atoms with E-state index in [0.29, 0.717) is 12.4 Å². The Morgan fingerprint density at radius 2 is 1.28 bits per heavy atom. The zero-order chi connectivity index (χ0) is 29.9. The fourth-order valence-electron chi connectivity index (χ4n) is 6.40. The maximum atomic E-state index is 12.7. The number of ether oxygens (including phenoxy) is 3. The second-order valence-electron chi connectivity index (χ2n) is 12.1. The minimum absolute atomic E-state index is 0.0284. The number of allylic oxidation sites excluding steroid dienone is 1. The van der Waals surface area contributed by atoms with E-state index in [4.69, 9.17) is 14.2 Å². The van der Waals surface area contributed by atoms with Crippen LogP contribution in [0.25, 0.3) is 5.57 Å². The zero-order valence-corrected chi connectivity index (χ0v) is 26.0. The Morgan fingerprint density at radius 1 is 0.721 bits per heavy atom. The molecule has 0 aromatic heterocycles. The third-order valence-corrected chi connectivity index (χ3v) is 8.87. The van der Waals surface area contributed by atoms with Gasteiger partial charge in [-0.05, 0) is 111 Å². The Hall–Kier alpha value is -3.57. The van der Waals surface area contributed by atoms with E-state index >= 15 is 0 Å². The molecule has 0 N–H and O–H groups in total. The summed E-state index contributed by atoms with van der Waals surface area (Å²) < 4.78 is 17.3. The number of hydrogen-bond donors (Lipinski definition) is 0. The van der Waals surface area contributed by atoms with Gasteiger partial charge < -0.3 is 14.2 Å². The third kappa shape index (κ3) is 8.96. The lowest BCUT2D eigenvalue weighted by Gasteiger charge is -2.20. The first-order valence-electron chi connectivity index (χ1n) is 16.2. The second kappa shape index (κ2) is 15.8. The Bertz CT molecular complexity index is 1310. The van der Waals surface area contributed by atoms with E-state index in [1.165, 1.54) is 61.9 Å². The first-order valence-corrected chi connectivity index (χ1v) is 16.2. The number of esters is 1. The number of rotatable bonds is 11. The molecule has 0 radical (unpaired) electrons. The summed E-state index contributed by atoms with van der Waals surface area (Å²) in [4.78, 5) is 15.3. The smallest absolute Gasteiger partial charge is 0.314 e. The summed E-state index contributed by atoms with van der Waals surface area (Å²) in [7, 11) is 1.69. The average molecular weight is 582 g/mol. The lowest BCUT2D eigenvalue weighted by Crippen LogP contribution is -2.29. The largest absolute Gasteiger partial charge is 0.497 e. The van der Waals surface area contributed by atoms with Crippen molar-refractivity contribution in [1.29, 1.82) is 0 Å². The molecule has 0 bridgehead atoms. The SMILES string of the molecule is COc1ccc(C/C(C)=C(\c2ccc(OCCN3CCCCCC3)cc2)c2ccc(OC(=O)C3CCCCC3)cc2)cc1. The molecular formula is C38H47NO4. The molecule has 1 aliphatic carbocycles. The molecule has 1 saturated heterocycles. The molecule has 3 aromatic rings. The number of hydrogen-bond acceptors (Lipinski definition) is 5. The van der Waals surface area contributed by atoms with Crippen LogP contribution in [0.15, 0.2) is 78.4 Å². The van der Waals surface area contributed by atoms with E-state index in [-0.39, 0.29) is 11.9 Å². The summed E-state index contributed by atoms with van der Waals surface area (Å²) in [5.41, 5.74) is 5.89. The van der Waals surface area contributed by atoms with Gasteiger partial charge >= 0.3 is 5.97 Å². The van der Waals surface area contributed by atoms with Gasteiger partial charge in [0.25, 0.3) is 0 Å². The topological polar surface area (TPSA) is 48.0 Å². The molecule has 0 unspecified atom stereocenters. The van der Waals surface area contributed by atoms with Crippen LogP contribution >= 0.6 is 0 Å². The van der Waals surface area contributed by atoms with Crippen LogP contribution in [0.5, 0.6) is 17.2 Å². The predicted octanol–water partition coefficient (Wildman–Crippen LogP) is 8.50. The van der Waals surface area contributed by atoms with Gasteiger partial charge in [-0.1, -0.05) is 74.1 Å². The first kappa shape index (κ1) is 30.9. The molecule has 1 aliphatic heterocycles. The molecule has 1 heterocycles. The summed E-state index contributed by atoms with van der Waals surface area (Å²) in [6.45, 7) is 6.25. The van der Waals surface area contributed by atoms with Crippen LogP contribution in [-0.2, 0) is 11.2 Å². The van der Waals surface area contributed by atoms with E-state index < -0.39 is 0 Å². The van der Waals surface area contributed by atoms with E-state index in [2.05, 4.69) is 60.4 Å². The van der Waals surface area contributed by atoms with Crippen LogP contribution in [0.2, 0.25) is 0 Å². The third-order valence-electron chi connectivity index (χ3n) is 8.87. The van der Waals surface area contributed by atoms with Gasteiger partial charge in [0.2, 0.25) is 0 Å². The van der Waals surface area contributed by atoms with Crippen LogP contribution in [0.1, 0.15) is 81.4 Å². The maximum absolute atomic E-state index is 12.7. The molecular weight excluding hydrogens is 534 g/mol. The van der Waals surface area contributed by atoms with Crippen LogP contribution < -0.4 is 14.2 Å². The average Bonchev–Trinajstić information content (AvgIpc) is 3.32. The minimum Gasteiger partial charge on any atom is -0.497 e. The lowest BCUT2D eigenvalue weighted by atomic mass is 9.89. The highest BCUT2D eigenvalue weighted by Gasteiger charge is 2.23. The van der Waals surface area contributed by atoms with Crippen molar-refractivity contribution < 1.29 is 19.0 Å². The second-order valence-corrected chi connectivity index (χ2v) is 12.1. The van der Waals surface area contributed by atoms with Gasteiger partial charge in [-0.25, -0.2) is 0 Å². The van der Waals surface area contributed by atoms with Crippen molar-refractivity contribution in [2.45, 2.75) is 71.1 Å². The van der Waals surface area contributed by atoms with Crippen molar-refractivity contribution in [2.24, 2.45) is 5.92 Å². The number of likely N-dealkylation sites (tertiary alicyclic amines) is 1. The van der Waals surface area contributed by atoms with Gasteiger partial charge in [-0.2, -0.15) is 0 Å². The summed E-state index contributed by atoms with van der Waals surface area (Å²) in [5.74, 6) is 2.30. The quantitative estimate of drug-likeness (QED) is 0.168. The summed E-state index contributed by atoms with van der Waals surface area (Å²) >= 11 is 0. The fourth-order valence-corrected chi connectivity index (χ4v) is 6.40. The summed E-state index contributed by atoms with van der Waals surface area (Å²) in [6, 6.07) is 24.7. The summed E-state index contributed by atoms with van der Waals surface area (Å²) in [6.07, 6.45) is 11.4. The normalized spacial score (nSPS) is 17.1. The van der Waals surface area contributed by atoms with Crippen molar-refractivity contribution in [3.8, 4) is 17.2 Å². The molecule has 0 atom stereocenters. The Morgan fingerprint density at radius 3 is 1.88 bits per heavy atom. The van der Waals surface area contributed by atoms with Gasteiger partial charge in [0.15, 0.2) is 0 Å². The highest BCUT2D eigenvalue weighted by atomic mass is 16.5. The molecule has 5 nitrogen and oxygen atoms in total. The Labute approximate surface area is 257 Å². The molecule has 43 heavy (non-hydrogen) atoms.